The number of anilines is 1. The van der Waals surface area contributed by atoms with Gasteiger partial charge in [0.2, 0.25) is 5.91 Å². The summed E-state index contributed by atoms with van der Waals surface area (Å²) in [6, 6.07) is 18.7. The molecule has 2 aliphatic rings. The zero-order chi connectivity index (χ0) is 21.8. The molecule has 0 bridgehead atoms. The zero-order valence-corrected chi connectivity index (χ0v) is 18.8. The number of allylic oxidation sites excluding steroid dienone is 1. The van der Waals surface area contributed by atoms with E-state index in [-0.39, 0.29) is 11.8 Å². The molecule has 2 aromatic carbocycles. The second-order valence-electron chi connectivity index (χ2n) is 7.91. The van der Waals surface area contributed by atoms with Crippen LogP contribution < -0.4 is 9.64 Å². The minimum Gasteiger partial charge on any atom is -0.497 e. The Hall–Kier alpha value is -2.91. The summed E-state index contributed by atoms with van der Waals surface area (Å²) >= 11 is 1.57. The average molecular weight is 434 g/mol. The van der Waals surface area contributed by atoms with Crippen LogP contribution in [0.3, 0.4) is 0 Å². The van der Waals surface area contributed by atoms with Crippen LogP contribution in [-0.4, -0.2) is 30.5 Å². The third-order valence-corrected chi connectivity index (χ3v) is 7.06. The Morgan fingerprint density at radius 3 is 2.74 bits per heavy atom. The van der Waals surface area contributed by atoms with Gasteiger partial charge in [-0.3, -0.25) is 9.69 Å². The predicted molar refractivity (Wildman–Crippen MR) is 125 cm³/mol. The van der Waals surface area contributed by atoms with Crippen LogP contribution in [0.15, 0.2) is 59.1 Å². The first kappa shape index (κ1) is 21.3. The molecule has 2 aliphatic heterocycles. The van der Waals surface area contributed by atoms with Crippen LogP contribution >= 0.6 is 11.8 Å². The standard InChI is InChI=1S/C25H27N3O2S/c1-3-4-6-18-9-11-20(12-10-18)27-16-28-24(29)14-22(23(15-26)25(28)31-17-27)19-7-5-8-21(13-19)30-2/h5,7-13,22H,3-4,6,14,16-17H2,1-2H3. The van der Waals surface area contributed by atoms with E-state index < -0.39 is 0 Å². The first-order valence-corrected chi connectivity index (χ1v) is 11.7. The van der Waals surface area contributed by atoms with Crippen LogP contribution in [0.4, 0.5) is 5.69 Å². The number of amides is 1. The number of benzene rings is 2. The van der Waals surface area contributed by atoms with E-state index in [0.29, 0.717) is 24.5 Å². The molecular formula is C25H27N3O2S. The highest BCUT2D eigenvalue weighted by atomic mass is 32.2. The third kappa shape index (κ3) is 4.42. The van der Waals surface area contributed by atoms with Crippen LogP contribution in [-0.2, 0) is 11.2 Å². The summed E-state index contributed by atoms with van der Waals surface area (Å²) in [5.41, 5.74) is 4.07. The van der Waals surface area contributed by atoms with Gasteiger partial charge in [-0.1, -0.05) is 49.4 Å². The van der Waals surface area contributed by atoms with Crippen molar-refractivity contribution in [2.45, 2.75) is 38.5 Å². The highest BCUT2D eigenvalue weighted by molar-refractivity contribution is 8.03. The zero-order valence-electron chi connectivity index (χ0n) is 18.0. The Kier molecular flexibility index (Phi) is 6.53. The number of carbonyl (C=O) groups excluding carboxylic acids is 1. The van der Waals surface area contributed by atoms with Crippen LogP contribution in [0.5, 0.6) is 5.75 Å². The second kappa shape index (κ2) is 9.49. The first-order chi connectivity index (χ1) is 15.1. The van der Waals surface area contributed by atoms with Crippen LogP contribution in [0.25, 0.3) is 0 Å². The molecule has 1 fully saturated rings. The van der Waals surface area contributed by atoms with Crippen molar-refractivity contribution < 1.29 is 9.53 Å². The van der Waals surface area contributed by atoms with Gasteiger partial charge in [0.15, 0.2) is 0 Å². The number of nitriles is 1. The molecule has 0 saturated carbocycles. The molecule has 1 amide bonds. The maximum atomic E-state index is 13.1. The third-order valence-electron chi connectivity index (χ3n) is 5.91. The summed E-state index contributed by atoms with van der Waals surface area (Å²) in [4.78, 5) is 17.1. The molecule has 5 nitrogen and oxygen atoms in total. The lowest BCUT2D eigenvalue weighted by Crippen LogP contribution is -2.47. The fraction of sp³-hybridized carbons (Fsp3) is 0.360. The fourth-order valence-electron chi connectivity index (χ4n) is 4.12. The van der Waals surface area contributed by atoms with E-state index in [0.717, 1.165) is 28.5 Å². The predicted octanol–water partition coefficient (Wildman–Crippen LogP) is 5.26. The summed E-state index contributed by atoms with van der Waals surface area (Å²) < 4.78 is 5.33. The Bertz CT molecular complexity index is 1030. The number of nitrogens with zero attached hydrogens (tertiary/aromatic N) is 3. The molecule has 1 saturated heterocycles. The van der Waals surface area contributed by atoms with Crippen molar-refractivity contribution >= 4 is 23.4 Å². The van der Waals surface area contributed by atoms with Crippen molar-refractivity contribution in [2.75, 3.05) is 24.6 Å². The molecule has 0 N–H and O–H groups in total. The second-order valence-corrected chi connectivity index (χ2v) is 8.84. The minimum absolute atomic E-state index is 0.0542. The average Bonchev–Trinajstić information content (AvgIpc) is 2.83. The van der Waals surface area contributed by atoms with Crippen LogP contribution in [0, 0.1) is 11.3 Å². The summed E-state index contributed by atoms with van der Waals surface area (Å²) in [7, 11) is 1.62. The molecule has 6 heteroatoms. The molecule has 1 atom stereocenters. The van der Waals surface area contributed by atoms with E-state index in [4.69, 9.17) is 4.74 Å². The number of unbranched alkanes of at least 4 members (excludes halogenated alkanes) is 1. The number of aryl methyl sites for hydroxylation is 1. The lowest BCUT2D eigenvalue weighted by molar-refractivity contribution is -0.129. The van der Waals surface area contributed by atoms with Gasteiger partial charge in [-0.05, 0) is 48.2 Å². The molecule has 2 aromatic rings. The van der Waals surface area contributed by atoms with Crippen molar-refractivity contribution in [3.63, 3.8) is 0 Å². The van der Waals surface area contributed by atoms with E-state index in [1.165, 1.54) is 18.4 Å². The number of rotatable bonds is 6. The van der Waals surface area contributed by atoms with Gasteiger partial charge in [0.1, 0.15) is 5.75 Å². The van der Waals surface area contributed by atoms with Gasteiger partial charge in [-0.2, -0.15) is 5.26 Å². The Morgan fingerprint density at radius 2 is 2.03 bits per heavy atom. The van der Waals surface area contributed by atoms with Gasteiger partial charge >= 0.3 is 0 Å². The molecule has 160 valence electrons. The van der Waals surface area contributed by atoms with E-state index in [9.17, 15) is 10.1 Å². The summed E-state index contributed by atoms with van der Waals surface area (Å²) in [6.07, 6.45) is 3.78. The number of hydrogen-bond donors (Lipinski definition) is 0. The number of thioether (sulfide) groups is 1. The van der Waals surface area contributed by atoms with Crippen molar-refractivity contribution in [2.24, 2.45) is 0 Å². The van der Waals surface area contributed by atoms with Crippen molar-refractivity contribution in [1.29, 1.82) is 5.26 Å². The molecule has 31 heavy (non-hydrogen) atoms. The van der Waals surface area contributed by atoms with Gasteiger partial charge in [-0.25, -0.2) is 0 Å². The minimum atomic E-state index is -0.226. The maximum Gasteiger partial charge on any atom is 0.229 e. The van der Waals surface area contributed by atoms with Gasteiger partial charge < -0.3 is 9.64 Å². The normalized spacial score (nSPS) is 18.6. The number of fused-ring (bicyclic) bond motifs is 1. The van der Waals surface area contributed by atoms with Gasteiger partial charge in [0.25, 0.3) is 0 Å². The summed E-state index contributed by atoms with van der Waals surface area (Å²) in [6.45, 7) is 2.68. The molecule has 0 radical (unpaired) electrons. The first-order valence-electron chi connectivity index (χ1n) is 10.7. The summed E-state index contributed by atoms with van der Waals surface area (Å²) in [5, 5.41) is 10.7. The largest absolute Gasteiger partial charge is 0.497 e. The molecule has 4 rings (SSSR count). The molecule has 2 heterocycles. The molecule has 0 spiro atoms. The Morgan fingerprint density at radius 1 is 1.23 bits per heavy atom. The van der Waals surface area contributed by atoms with Crippen molar-refractivity contribution in [3.8, 4) is 11.8 Å². The van der Waals surface area contributed by atoms with E-state index >= 15 is 0 Å². The number of hydrogen-bond acceptors (Lipinski definition) is 5. The highest BCUT2D eigenvalue weighted by Crippen LogP contribution is 2.43. The SMILES string of the molecule is CCCCc1ccc(N2CSC3=C(C#N)C(c4cccc(OC)c4)CC(=O)N3C2)cc1. The van der Waals surface area contributed by atoms with E-state index in [1.54, 1.807) is 23.8 Å². The fourth-order valence-corrected chi connectivity index (χ4v) is 5.29. The molecule has 1 unspecified atom stereocenters. The van der Waals surface area contributed by atoms with Crippen molar-refractivity contribution in [3.05, 3.63) is 70.3 Å². The van der Waals surface area contributed by atoms with Crippen molar-refractivity contribution in [1.82, 2.24) is 4.90 Å². The monoisotopic (exact) mass is 433 g/mol. The molecule has 0 aromatic heterocycles. The van der Waals surface area contributed by atoms with Crippen LogP contribution in [0.2, 0.25) is 0 Å². The quantitative estimate of drug-likeness (QED) is 0.622. The van der Waals surface area contributed by atoms with Gasteiger partial charge in [0, 0.05) is 18.0 Å². The Labute approximate surface area is 188 Å². The highest BCUT2D eigenvalue weighted by Gasteiger charge is 2.38. The van der Waals surface area contributed by atoms with E-state index in [2.05, 4.69) is 42.2 Å². The summed E-state index contributed by atoms with van der Waals surface area (Å²) in [5.74, 6) is 1.28. The number of ether oxygens (including phenoxy) is 1. The van der Waals surface area contributed by atoms with E-state index in [1.807, 2.05) is 24.3 Å². The number of carbonyl (C=O) groups is 1. The molecular weight excluding hydrogens is 406 g/mol. The lowest BCUT2D eigenvalue weighted by Gasteiger charge is -2.42. The van der Waals surface area contributed by atoms with Gasteiger partial charge in [0.05, 0.1) is 36.3 Å². The number of methoxy groups -OCH3 is 1. The molecule has 0 aliphatic carbocycles. The maximum absolute atomic E-state index is 13.1. The smallest absolute Gasteiger partial charge is 0.229 e. The van der Waals surface area contributed by atoms with Gasteiger partial charge in [-0.15, -0.1) is 0 Å². The Balaban J connectivity index is 1.57. The van der Waals surface area contributed by atoms with Crippen LogP contribution in [0.1, 0.15) is 43.2 Å². The topological polar surface area (TPSA) is 56.6 Å². The lowest BCUT2D eigenvalue weighted by atomic mass is 9.86.